The van der Waals surface area contributed by atoms with Gasteiger partial charge in [0.15, 0.2) is 5.69 Å². The normalized spacial score (nSPS) is 11.0. The highest BCUT2D eigenvalue weighted by atomic mass is 16.2. The fourth-order valence-corrected chi connectivity index (χ4v) is 2.83. The van der Waals surface area contributed by atoms with Gasteiger partial charge in [0.25, 0.3) is 11.8 Å². The second kappa shape index (κ2) is 8.03. The van der Waals surface area contributed by atoms with E-state index in [0.717, 1.165) is 6.42 Å². The van der Waals surface area contributed by atoms with Crippen molar-refractivity contribution in [2.24, 2.45) is 0 Å². The minimum Gasteiger partial charge on any atom is -0.351 e. The van der Waals surface area contributed by atoms with Crippen molar-refractivity contribution in [3.05, 3.63) is 65.7 Å². The molecule has 0 atom stereocenters. The molecule has 2 aromatic heterocycles. The second-order valence-corrected chi connectivity index (χ2v) is 6.73. The van der Waals surface area contributed by atoms with E-state index in [9.17, 15) is 9.59 Å². The van der Waals surface area contributed by atoms with Crippen LogP contribution in [0.5, 0.6) is 0 Å². The molecule has 140 valence electrons. The molecular formula is C21H24N4O2. The smallest absolute Gasteiger partial charge is 0.292 e. The largest absolute Gasteiger partial charge is 0.351 e. The van der Waals surface area contributed by atoms with Crippen molar-refractivity contribution < 1.29 is 9.59 Å². The molecule has 6 heteroatoms. The van der Waals surface area contributed by atoms with Crippen LogP contribution in [0.4, 0.5) is 5.69 Å². The van der Waals surface area contributed by atoms with Crippen molar-refractivity contribution in [3.63, 3.8) is 0 Å². The summed E-state index contributed by atoms with van der Waals surface area (Å²) in [4.78, 5) is 29.5. The highest BCUT2D eigenvalue weighted by Gasteiger charge is 2.21. The van der Waals surface area contributed by atoms with E-state index in [2.05, 4.69) is 29.5 Å². The maximum absolute atomic E-state index is 12.8. The first-order chi connectivity index (χ1) is 13.0. The predicted octanol–water partition coefficient (Wildman–Crippen LogP) is 3.85. The molecule has 2 amide bonds. The summed E-state index contributed by atoms with van der Waals surface area (Å²) >= 11 is 0. The highest BCUT2D eigenvalue weighted by molar-refractivity contribution is 6.06. The van der Waals surface area contributed by atoms with Crippen LogP contribution in [0.15, 0.2) is 48.7 Å². The number of hydrogen-bond acceptors (Lipinski definition) is 3. The lowest BCUT2D eigenvalue weighted by molar-refractivity contribution is 0.0951. The molecule has 27 heavy (non-hydrogen) atoms. The van der Waals surface area contributed by atoms with Crippen LogP contribution in [0.1, 0.15) is 59.8 Å². The molecule has 0 aliphatic rings. The number of aromatic nitrogens is 2. The number of nitrogens with zero attached hydrogens (tertiary/aromatic N) is 2. The molecule has 1 aromatic carbocycles. The van der Waals surface area contributed by atoms with Gasteiger partial charge in [-0.2, -0.15) is 0 Å². The first-order valence-corrected chi connectivity index (χ1v) is 9.17. The maximum atomic E-state index is 12.8. The molecule has 0 fully saturated rings. The molecule has 0 bridgehead atoms. The monoisotopic (exact) mass is 364 g/mol. The number of hydrogen-bond donors (Lipinski definition) is 2. The number of rotatable bonds is 6. The number of benzene rings is 1. The Kier molecular flexibility index (Phi) is 5.54. The lowest BCUT2D eigenvalue weighted by atomic mass is 10.0. The van der Waals surface area contributed by atoms with E-state index in [1.54, 1.807) is 22.7 Å². The molecule has 0 saturated carbocycles. The van der Waals surface area contributed by atoms with Crippen LogP contribution in [0.3, 0.4) is 0 Å². The maximum Gasteiger partial charge on any atom is 0.292 e. The van der Waals surface area contributed by atoms with Gasteiger partial charge >= 0.3 is 0 Å². The van der Waals surface area contributed by atoms with E-state index in [1.807, 2.05) is 37.3 Å². The Hall–Kier alpha value is -3.15. The molecule has 0 radical (unpaired) electrons. The lowest BCUT2D eigenvalue weighted by Crippen LogP contribution is -2.24. The zero-order chi connectivity index (χ0) is 19.4. The predicted molar refractivity (Wildman–Crippen MR) is 106 cm³/mol. The van der Waals surface area contributed by atoms with Gasteiger partial charge in [0.1, 0.15) is 0 Å². The van der Waals surface area contributed by atoms with Crippen molar-refractivity contribution in [1.82, 2.24) is 14.7 Å². The van der Waals surface area contributed by atoms with E-state index in [4.69, 9.17) is 0 Å². The van der Waals surface area contributed by atoms with E-state index in [-0.39, 0.29) is 23.3 Å². The molecule has 0 saturated heterocycles. The Balaban J connectivity index is 1.89. The zero-order valence-electron chi connectivity index (χ0n) is 15.8. The summed E-state index contributed by atoms with van der Waals surface area (Å²) in [5.41, 5.74) is 2.75. The van der Waals surface area contributed by atoms with Gasteiger partial charge in [-0.25, -0.2) is 4.98 Å². The number of pyridine rings is 1. The molecule has 6 nitrogen and oxygen atoms in total. The Morgan fingerprint density at radius 2 is 1.81 bits per heavy atom. The number of anilines is 1. The molecular weight excluding hydrogens is 340 g/mol. The first-order valence-electron chi connectivity index (χ1n) is 9.17. The van der Waals surface area contributed by atoms with Gasteiger partial charge in [-0.15, -0.1) is 0 Å². The van der Waals surface area contributed by atoms with Crippen molar-refractivity contribution in [2.75, 3.05) is 11.9 Å². The minimum atomic E-state index is -0.358. The summed E-state index contributed by atoms with van der Waals surface area (Å²) in [6.45, 7) is 6.79. The summed E-state index contributed by atoms with van der Waals surface area (Å²) in [7, 11) is 0. The molecule has 0 aliphatic carbocycles. The number of carbonyl (C=O) groups excluding carboxylic acids is 2. The fraction of sp³-hybridized carbons (Fsp3) is 0.286. The third-order valence-electron chi connectivity index (χ3n) is 4.34. The van der Waals surface area contributed by atoms with Crippen LogP contribution in [0, 0.1) is 0 Å². The fourth-order valence-electron chi connectivity index (χ4n) is 2.83. The summed E-state index contributed by atoms with van der Waals surface area (Å²) < 4.78 is 1.64. The van der Waals surface area contributed by atoms with Crippen molar-refractivity contribution in [1.29, 1.82) is 0 Å². The SMILES string of the molecule is CCCNC(=O)c1nc(C(=O)Nc2ccc(C(C)C)cc2)n2ccccc12. The summed E-state index contributed by atoms with van der Waals surface area (Å²) in [5.74, 6) is -0.0284. The van der Waals surface area contributed by atoms with Gasteiger partial charge in [-0.3, -0.25) is 14.0 Å². The van der Waals surface area contributed by atoms with Gasteiger partial charge in [-0.05, 0) is 42.2 Å². The van der Waals surface area contributed by atoms with Crippen molar-refractivity contribution in [2.45, 2.75) is 33.1 Å². The van der Waals surface area contributed by atoms with Crippen LogP contribution in [0.25, 0.3) is 5.52 Å². The van der Waals surface area contributed by atoms with Crippen molar-refractivity contribution in [3.8, 4) is 0 Å². The lowest BCUT2D eigenvalue weighted by Gasteiger charge is -2.08. The summed E-state index contributed by atoms with van der Waals surface area (Å²) in [5, 5.41) is 5.67. The number of amides is 2. The number of imidazole rings is 1. The Morgan fingerprint density at radius 3 is 2.48 bits per heavy atom. The molecule has 2 N–H and O–H groups in total. The third kappa shape index (κ3) is 4.00. The Morgan fingerprint density at radius 1 is 1.07 bits per heavy atom. The molecule has 3 rings (SSSR count). The van der Waals surface area contributed by atoms with Crippen LogP contribution in [-0.2, 0) is 0 Å². The Labute approximate surface area is 158 Å². The van der Waals surface area contributed by atoms with Gasteiger partial charge in [0.2, 0.25) is 5.82 Å². The molecule has 0 spiro atoms. The van der Waals surface area contributed by atoms with E-state index in [1.165, 1.54) is 5.56 Å². The van der Waals surface area contributed by atoms with Gasteiger partial charge < -0.3 is 10.6 Å². The van der Waals surface area contributed by atoms with Crippen LogP contribution < -0.4 is 10.6 Å². The quantitative estimate of drug-likeness (QED) is 0.697. The van der Waals surface area contributed by atoms with Gasteiger partial charge in [-0.1, -0.05) is 39.0 Å². The average molecular weight is 364 g/mol. The topological polar surface area (TPSA) is 75.5 Å². The van der Waals surface area contributed by atoms with Gasteiger partial charge in [0, 0.05) is 18.4 Å². The standard InChI is InChI=1S/C21H24N4O2/c1-4-12-22-20(26)18-17-7-5-6-13-25(17)19(24-18)21(27)23-16-10-8-15(9-11-16)14(2)3/h5-11,13-14H,4,12H2,1-3H3,(H,22,26)(H,23,27). The zero-order valence-corrected chi connectivity index (χ0v) is 15.8. The van der Waals surface area contributed by atoms with E-state index < -0.39 is 0 Å². The molecule has 3 aromatic rings. The Bertz CT molecular complexity index is 958. The van der Waals surface area contributed by atoms with Crippen LogP contribution >= 0.6 is 0 Å². The molecule has 2 heterocycles. The second-order valence-electron chi connectivity index (χ2n) is 6.73. The van der Waals surface area contributed by atoms with Gasteiger partial charge in [0.05, 0.1) is 5.52 Å². The van der Waals surface area contributed by atoms with Crippen LogP contribution in [-0.4, -0.2) is 27.7 Å². The van der Waals surface area contributed by atoms with E-state index >= 15 is 0 Å². The number of nitrogens with one attached hydrogen (secondary N) is 2. The van der Waals surface area contributed by atoms with E-state index in [0.29, 0.717) is 23.7 Å². The number of fused-ring (bicyclic) bond motifs is 1. The number of carbonyl (C=O) groups is 2. The summed E-state index contributed by atoms with van der Waals surface area (Å²) in [6.07, 6.45) is 2.56. The minimum absolute atomic E-state index is 0.181. The van der Waals surface area contributed by atoms with Crippen molar-refractivity contribution >= 4 is 23.0 Å². The average Bonchev–Trinajstić information content (AvgIpc) is 3.06. The first kappa shape index (κ1) is 18.6. The molecule has 0 aliphatic heterocycles. The summed E-state index contributed by atoms with van der Waals surface area (Å²) in [6, 6.07) is 13.1. The molecule has 0 unspecified atom stereocenters. The third-order valence-corrected chi connectivity index (χ3v) is 4.34. The van der Waals surface area contributed by atoms with Crippen LogP contribution in [0.2, 0.25) is 0 Å². The highest BCUT2D eigenvalue weighted by Crippen LogP contribution is 2.19.